The smallest absolute Gasteiger partial charge is 0.306 e. The molecule has 6 heteroatoms. The van der Waals surface area contributed by atoms with E-state index in [2.05, 4.69) is 16.1 Å². The second-order valence-electron chi connectivity index (χ2n) is 5.64. The van der Waals surface area contributed by atoms with Crippen LogP contribution in [-0.4, -0.2) is 34.6 Å². The van der Waals surface area contributed by atoms with Crippen LogP contribution in [0.2, 0.25) is 0 Å². The number of hydrogen-bond donors (Lipinski definition) is 1. The molecule has 1 fully saturated rings. The third kappa shape index (κ3) is 3.26. The van der Waals surface area contributed by atoms with Gasteiger partial charge in [-0.2, -0.15) is 8.42 Å². The van der Waals surface area contributed by atoms with Gasteiger partial charge in [0.15, 0.2) is 0 Å². The zero-order valence-electron chi connectivity index (χ0n) is 13.2. The molecule has 22 heavy (non-hydrogen) atoms. The van der Waals surface area contributed by atoms with Gasteiger partial charge in [-0.05, 0) is 43.0 Å². The number of nitrogens with one attached hydrogen (secondary N) is 1. The van der Waals surface area contributed by atoms with Crippen LogP contribution in [0.1, 0.15) is 27.8 Å². The molecule has 0 aliphatic carbocycles. The molecule has 0 saturated carbocycles. The van der Waals surface area contributed by atoms with Crippen molar-refractivity contribution in [3.8, 4) is 12.3 Å². The predicted molar refractivity (Wildman–Crippen MR) is 87.4 cm³/mol. The van der Waals surface area contributed by atoms with E-state index in [9.17, 15) is 12.3 Å². The van der Waals surface area contributed by atoms with E-state index in [0.717, 1.165) is 43.0 Å². The average molecular weight is 324 g/mol. The highest BCUT2D eigenvalue weighted by Gasteiger charge is 2.24. The van der Waals surface area contributed by atoms with E-state index < -0.39 is 16.0 Å². The van der Waals surface area contributed by atoms with Crippen LogP contribution >= 0.6 is 0 Å². The van der Waals surface area contributed by atoms with E-state index in [1.54, 1.807) is 6.92 Å². The third-order valence-corrected chi connectivity index (χ3v) is 4.89. The maximum atomic E-state index is 13.2. The normalized spacial score (nSPS) is 15.7. The molecule has 1 aliphatic rings. The summed E-state index contributed by atoms with van der Waals surface area (Å²) in [4.78, 5) is 2.19. The molecule has 0 spiro atoms. The van der Waals surface area contributed by atoms with Gasteiger partial charge in [-0.15, -0.1) is 10.3 Å². The zero-order valence-corrected chi connectivity index (χ0v) is 14.0. The van der Waals surface area contributed by atoms with Crippen molar-refractivity contribution in [1.82, 2.24) is 5.32 Å². The van der Waals surface area contributed by atoms with Crippen LogP contribution in [-0.2, 0) is 16.0 Å². The maximum absolute atomic E-state index is 13.2. The lowest BCUT2D eigenvalue weighted by Gasteiger charge is -2.34. The van der Waals surface area contributed by atoms with E-state index in [-0.39, 0.29) is 0 Å². The standard InChI is InChI=1S/C16H21FN2O2S/c1-5-14-11(2)15(10-22(17,20)21)13(4)16(12(14)3)19-8-6-18-7-9-19/h1,18H,6-10H2,2-4H3. The average Bonchev–Trinajstić information content (AvgIpc) is 2.44. The first kappa shape index (κ1) is 16.8. The molecule has 0 unspecified atom stereocenters. The molecule has 0 amide bonds. The van der Waals surface area contributed by atoms with Gasteiger partial charge in [-0.1, -0.05) is 5.92 Å². The summed E-state index contributed by atoms with van der Waals surface area (Å²) in [6, 6.07) is 0. The molecule has 0 atom stereocenters. The van der Waals surface area contributed by atoms with Gasteiger partial charge >= 0.3 is 10.2 Å². The Kier molecular flexibility index (Phi) is 4.78. The highest BCUT2D eigenvalue weighted by molar-refractivity contribution is 7.85. The van der Waals surface area contributed by atoms with E-state index in [4.69, 9.17) is 6.42 Å². The van der Waals surface area contributed by atoms with Crippen LogP contribution in [0.4, 0.5) is 9.57 Å². The van der Waals surface area contributed by atoms with Gasteiger partial charge in [0.1, 0.15) is 5.75 Å². The third-order valence-electron chi connectivity index (χ3n) is 4.26. The first-order valence-corrected chi connectivity index (χ1v) is 8.78. The number of anilines is 1. The highest BCUT2D eigenvalue weighted by atomic mass is 32.3. The monoisotopic (exact) mass is 324 g/mol. The lowest BCUT2D eigenvalue weighted by molar-refractivity contribution is 0.550. The number of rotatable bonds is 3. The molecule has 1 aromatic rings. The fourth-order valence-electron chi connectivity index (χ4n) is 3.22. The Hall–Kier alpha value is -1.58. The summed E-state index contributed by atoms with van der Waals surface area (Å²) >= 11 is 0. The number of piperazine rings is 1. The van der Waals surface area contributed by atoms with E-state index >= 15 is 0 Å². The van der Waals surface area contributed by atoms with Crippen molar-refractivity contribution < 1.29 is 12.3 Å². The minimum absolute atomic E-state index is 0.481. The van der Waals surface area contributed by atoms with Crippen LogP contribution in [0, 0.1) is 33.1 Å². The Morgan fingerprint density at radius 1 is 1.18 bits per heavy atom. The minimum Gasteiger partial charge on any atom is -0.369 e. The summed E-state index contributed by atoms with van der Waals surface area (Å²) in [6.07, 6.45) is 5.61. The Labute approximate surface area is 131 Å². The molecule has 0 bridgehead atoms. The van der Waals surface area contributed by atoms with Crippen LogP contribution in [0.15, 0.2) is 0 Å². The first-order valence-electron chi connectivity index (χ1n) is 7.23. The fourth-order valence-corrected chi connectivity index (χ4v) is 4.00. The summed E-state index contributed by atoms with van der Waals surface area (Å²) in [5.41, 5.74) is 4.53. The predicted octanol–water partition coefficient (Wildman–Crippen LogP) is 1.80. The number of benzene rings is 1. The van der Waals surface area contributed by atoms with Crippen molar-refractivity contribution in [2.75, 3.05) is 31.1 Å². The number of halogens is 1. The van der Waals surface area contributed by atoms with Gasteiger partial charge < -0.3 is 10.2 Å². The summed E-state index contributed by atoms with van der Waals surface area (Å²) in [5.74, 6) is 2.01. The summed E-state index contributed by atoms with van der Waals surface area (Å²) in [7, 11) is -4.61. The van der Waals surface area contributed by atoms with Crippen molar-refractivity contribution in [2.24, 2.45) is 0 Å². The zero-order chi connectivity index (χ0) is 16.5. The lowest BCUT2D eigenvalue weighted by Crippen LogP contribution is -2.44. The summed E-state index contributed by atoms with van der Waals surface area (Å²) in [6.45, 7) is 8.90. The molecular weight excluding hydrogens is 303 g/mol. The van der Waals surface area contributed by atoms with Gasteiger partial charge in [0.2, 0.25) is 0 Å². The van der Waals surface area contributed by atoms with Gasteiger partial charge in [0.05, 0.1) is 0 Å². The molecule has 1 saturated heterocycles. The number of hydrogen-bond acceptors (Lipinski definition) is 4. The molecule has 1 N–H and O–H groups in total. The van der Waals surface area contributed by atoms with Crippen molar-refractivity contribution in [3.63, 3.8) is 0 Å². The van der Waals surface area contributed by atoms with Crippen molar-refractivity contribution in [2.45, 2.75) is 26.5 Å². The van der Waals surface area contributed by atoms with Crippen LogP contribution in [0.3, 0.4) is 0 Å². The largest absolute Gasteiger partial charge is 0.369 e. The van der Waals surface area contributed by atoms with E-state index in [1.165, 1.54) is 0 Å². The van der Waals surface area contributed by atoms with Crippen molar-refractivity contribution in [1.29, 1.82) is 0 Å². The SMILES string of the molecule is C#Cc1c(C)c(CS(=O)(=O)F)c(C)c(N2CCNCC2)c1C. The topological polar surface area (TPSA) is 49.4 Å². The number of terminal acetylenes is 1. The second-order valence-corrected chi connectivity index (χ2v) is 7.01. The molecule has 120 valence electrons. The van der Waals surface area contributed by atoms with Crippen LogP contribution in [0.5, 0.6) is 0 Å². The first-order chi connectivity index (χ1) is 10.3. The maximum Gasteiger partial charge on any atom is 0.306 e. The number of nitrogens with zero attached hydrogens (tertiary/aromatic N) is 1. The molecule has 0 radical (unpaired) electrons. The fraction of sp³-hybridized carbons (Fsp3) is 0.500. The highest BCUT2D eigenvalue weighted by Crippen LogP contribution is 2.34. The summed E-state index contributed by atoms with van der Waals surface area (Å²) in [5, 5.41) is 3.28. The lowest BCUT2D eigenvalue weighted by atomic mass is 9.91. The quantitative estimate of drug-likeness (QED) is 0.680. The Morgan fingerprint density at radius 2 is 1.77 bits per heavy atom. The molecule has 1 aliphatic heterocycles. The molecule has 1 aromatic carbocycles. The summed E-state index contributed by atoms with van der Waals surface area (Å²) < 4.78 is 35.5. The Bertz CT molecular complexity index is 730. The van der Waals surface area contributed by atoms with Crippen LogP contribution in [0.25, 0.3) is 0 Å². The van der Waals surface area contributed by atoms with Gasteiger partial charge in [-0.25, -0.2) is 0 Å². The molecular formula is C16H21FN2O2S. The van der Waals surface area contributed by atoms with Crippen LogP contribution < -0.4 is 10.2 Å². The second kappa shape index (κ2) is 6.27. The Balaban J connectivity index is 2.67. The Morgan fingerprint density at radius 3 is 2.27 bits per heavy atom. The van der Waals surface area contributed by atoms with Gasteiger partial charge in [0, 0.05) is 37.4 Å². The molecule has 4 nitrogen and oxygen atoms in total. The molecule has 0 aromatic heterocycles. The molecule has 2 rings (SSSR count). The minimum atomic E-state index is -4.61. The van der Waals surface area contributed by atoms with E-state index in [1.807, 2.05) is 13.8 Å². The molecule has 1 heterocycles. The van der Waals surface area contributed by atoms with Crippen molar-refractivity contribution in [3.05, 3.63) is 27.8 Å². The van der Waals surface area contributed by atoms with E-state index in [0.29, 0.717) is 16.7 Å². The van der Waals surface area contributed by atoms with Gasteiger partial charge in [0.25, 0.3) is 0 Å². The van der Waals surface area contributed by atoms with Crippen molar-refractivity contribution >= 4 is 15.9 Å². The van der Waals surface area contributed by atoms with Gasteiger partial charge in [-0.3, -0.25) is 0 Å².